The van der Waals surface area contributed by atoms with E-state index in [-0.39, 0.29) is 0 Å². The summed E-state index contributed by atoms with van der Waals surface area (Å²) in [6.45, 7) is 7.58. The summed E-state index contributed by atoms with van der Waals surface area (Å²) in [5, 5.41) is 12.4. The molecule has 0 saturated heterocycles. The molecule has 1 heterocycles. The molecule has 94 valence electrons. The summed E-state index contributed by atoms with van der Waals surface area (Å²) in [5.74, 6) is 0.767. The van der Waals surface area contributed by atoms with Crippen LogP contribution in [0.5, 0.6) is 0 Å². The Kier molecular flexibility index (Phi) is 5.24. The van der Waals surface area contributed by atoms with Gasteiger partial charge in [0.25, 0.3) is 0 Å². The van der Waals surface area contributed by atoms with Crippen molar-refractivity contribution in [2.45, 2.75) is 46.2 Å². The first-order valence-electron chi connectivity index (χ1n) is 6.35. The van der Waals surface area contributed by atoms with Gasteiger partial charge in [0.2, 0.25) is 0 Å². The van der Waals surface area contributed by atoms with Gasteiger partial charge in [-0.1, -0.05) is 20.3 Å². The Morgan fingerprint density at radius 3 is 2.71 bits per heavy atom. The van der Waals surface area contributed by atoms with Gasteiger partial charge < -0.3 is 9.88 Å². The van der Waals surface area contributed by atoms with E-state index in [1.165, 1.54) is 18.4 Å². The molecule has 0 aliphatic carbocycles. The fraction of sp³-hybridized carbons (Fsp3) is 0.643. The van der Waals surface area contributed by atoms with Crippen molar-refractivity contribution in [3.63, 3.8) is 0 Å². The number of nitrogens with zero attached hydrogens (tertiary/aromatic N) is 2. The molecule has 1 aromatic rings. The molecule has 0 bridgehead atoms. The van der Waals surface area contributed by atoms with Crippen LogP contribution in [0.2, 0.25) is 0 Å². The molecule has 3 nitrogen and oxygen atoms in total. The van der Waals surface area contributed by atoms with Gasteiger partial charge >= 0.3 is 0 Å². The zero-order chi connectivity index (χ0) is 12.8. The lowest BCUT2D eigenvalue weighted by Crippen LogP contribution is -2.27. The minimum absolute atomic E-state index is 0.524. The number of hydrogen-bond donors (Lipinski definition) is 1. The highest BCUT2D eigenvalue weighted by Crippen LogP contribution is 2.11. The van der Waals surface area contributed by atoms with Crippen LogP contribution >= 0.6 is 0 Å². The monoisotopic (exact) mass is 233 g/mol. The summed E-state index contributed by atoms with van der Waals surface area (Å²) < 4.78 is 1.87. The van der Waals surface area contributed by atoms with E-state index in [1.807, 2.05) is 23.9 Å². The molecular weight excluding hydrogens is 210 g/mol. The van der Waals surface area contributed by atoms with Crippen molar-refractivity contribution in [2.24, 2.45) is 13.0 Å². The zero-order valence-corrected chi connectivity index (χ0v) is 11.3. The Morgan fingerprint density at radius 1 is 1.47 bits per heavy atom. The van der Waals surface area contributed by atoms with E-state index in [0.29, 0.717) is 6.04 Å². The van der Waals surface area contributed by atoms with Gasteiger partial charge in [-0.05, 0) is 30.9 Å². The van der Waals surface area contributed by atoms with E-state index in [0.717, 1.165) is 18.2 Å². The number of nitriles is 1. The molecule has 2 unspecified atom stereocenters. The molecule has 0 aliphatic rings. The summed E-state index contributed by atoms with van der Waals surface area (Å²) in [4.78, 5) is 0. The lowest BCUT2D eigenvalue weighted by Gasteiger charge is -2.17. The van der Waals surface area contributed by atoms with Crippen molar-refractivity contribution >= 4 is 0 Å². The van der Waals surface area contributed by atoms with Crippen LogP contribution in [0.25, 0.3) is 0 Å². The zero-order valence-electron chi connectivity index (χ0n) is 11.3. The van der Waals surface area contributed by atoms with Gasteiger partial charge in [-0.15, -0.1) is 0 Å². The minimum atomic E-state index is 0.524. The Balaban J connectivity index is 2.42. The molecule has 0 aromatic carbocycles. The Hall–Kier alpha value is -1.27. The van der Waals surface area contributed by atoms with E-state index in [9.17, 15) is 0 Å². The molecule has 17 heavy (non-hydrogen) atoms. The second kappa shape index (κ2) is 6.46. The maximum atomic E-state index is 8.87. The van der Waals surface area contributed by atoms with E-state index < -0.39 is 0 Å². The number of hydrogen-bond acceptors (Lipinski definition) is 2. The highest BCUT2D eigenvalue weighted by Gasteiger charge is 2.08. The number of rotatable bonds is 6. The molecule has 0 aliphatic heterocycles. The summed E-state index contributed by atoms with van der Waals surface area (Å²) in [7, 11) is 1.91. The maximum Gasteiger partial charge on any atom is 0.120 e. The van der Waals surface area contributed by atoms with Crippen LogP contribution in [0.15, 0.2) is 12.3 Å². The molecular formula is C14H23N3. The van der Waals surface area contributed by atoms with E-state index in [2.05, 4.69) is 32.2 Å². The number of aryl methyl sites for hydroxylation is 1. The van der Waals surface area contributed by atoms with E-state index in [1.54, 1.807) is 0 Å². The van der Waals surface area contributed by atoms with Crippen molar-refractivity contribution in [3.05, 3.63) is 23.5 Å². The summed E-state index contributed by atoms with van der Waals surface area (Å²) in [6, 6.07) is 4.65. The molecule has 1 rings (SSSR count). The van der Waals surface area contributed by atoms with Crippen LogP contribution in [-0.2, 0) is 13.6 Å². The third-order valence-electron chi connectivity index (χ3n) is 3.28. The fourth-order valence-electron chi connectivity index (χ4n) is 1.99. The Morgan fingerprint density at radius 2 is 2.18 bits per heavy atom. The lowest BCUT2D eigenvalue weighted by atomic mass is 10.0. The molecule has 0 fully saturated rings. The first kappa shape index (κ1) is 13.8. The van der Waals surface area contributed by atoms with Crippen LogP contribution in [0.4, 0.5) is 0 Å². The van der Waals surface area contributed by atoms with Crippen molar-refractivity contribution in [1.82, 2.24) is 9.88 Å². The topological polar surface area (TPSA) is 40.8 Å². The Bertz CT molecular complexity index is 387. The van der Waals surface area contributed by atoms with Crippen molar-refractivity contribution in [3.8, 4) is 6.07 Å². The van der Waals surface area contributed by atoms with Crippen LogP contribution in [0.3, 0.4) is 0 Å². The third-order valence-corrected chi connectivity index (χ3v) is 3.28. The summed E-state index contributed by atoms with van der Waals surface area (Å²) in [6.07, 6.45) is 4.45. The quantitative estimate of drug-likeness (QED) is 0.820. The van der Waals surface area contributed by atoms with Crippen molar-refractivity contribution in [1.29, 1.82) is 5.26 Å². The second-order valence-corrected chi connectivity index (χ2v) is 4.99. The third kappa shape index (κ3) is 4.24. The van der Waals surface area contributed by atoms with Gasteiger partial charge in [0.15, 0.2) is 0 Å². The highest BCUT2D eigenvalue weighted by molar-refractivity contribution is 5.28. The van der Waals surface area contributed by atoms with Gasteiger partial charge in [0.1, 0.15) is 11.8 Å². The maximum absolute atomic E-state index is 8.87. The first-order chi connectivity index (χ1) is 8.06. The molecule has 0 spiro atoms. The van der Waals surface area contributed by atoms with Gasteiger partial charge in [0.05, 0.1) is 0 Å². The molecule has 0 saturated carbocycles. The average molecular weight is 233 g/mol. The normalized spacial score (nSPS) is 14.3. The van der Waals surface area contributed by atoms with Crippen molar-refractivity contribution < 1.29 is 0 Å². The number of nitrogens with one attached hydrogen (secondary N) is 1. The van der Waals surface area contributed by atoms with Crippen LogP contribution in [0.1, 0.15) is 44.9 Å². The van der Waals surface area contributed by atoms with Gasteiger partial charge in [-0.3, -0.25) is 0 Å². The largest absolute Gasteiger partial charge is 0.342 e. The van der Waals surface area contributed by atoms with Gasteiger partial charge in [0, 0.05) is 25.8 Å². The predicted molar refractivity (Wildman–Crippen MR) is 70.5 cm³/mol. The average Bonchev–Trinajstić information content (AvgIpc) is 2.67. The number of aromatic nitrogens is 1. The fourth-order valence-corrected chi connectivity index (χ4v) is 1.99. The lowest BCUT2D eigenvalue weighted by molar-refractivity contribution is 0.412. The van der Waals surface area contributed by atoms with Crippen LogP contribution in [-0.4, -0.2) is 10.6 Å². The molecule has 2 atom stereocenters. The molecule has 1 N–H and O–H groups in total. The smallest absolute Gasteiger partial charge is 0.120 e. The standard InChI is InChI=1S/C14H23N3/c1-5-11(2)6-12(3)16-9-13-7-14(8-15)17(4)10-13/h7,10-12,16H,5-6,9H2,1-4H3. The van der Waals surface area contributed by atoms with Crippen LogP contribution in [0, 0.1) is 17.2 Å². The van der Waals surface area contributed by atoms with E-state index >= 15 is 0 Å². The van der Waals surface area contributed by atoms with Gasteiger partial charge in [-0.2, -0.15) is 5.26 Å². The van der Waals surface area contributed by atoms with Crippen molar-refractivity contribution in [2.75, 3.05) is 0 Å². The first-order valence-corrected chi connectivity index (χ1v) is 6.35. The SMILES string of the molecule is CCC(C)CC(C)NCc1cc(C#N)n(C)c1. The highest BCUT2D eigenvalue weighted by atomic mass is 14.9. The minimum Gasteiger partial charge on any atom is -0.342 e. The molecule has 0 radical (unpaired) electrons. The predicted octanol–water partition coefficient (Wildman–Crippen LogP) is 2.81. The summed E-state index contributed by atoms with van der Waals surface area (Å²) in [5.41, 5.74) is 1.90. The summed E-state index contributed by atoms with van der Waals surface area (Å²) >= 11 is 0. The Labute approximate surface area is 104 Å². The van der Waals surface area contributed by atoms with Gasteiger partial charge in [-0.25, -0.2) is 0 Å². The second-order valence-electron chi connectivity index (χ2n) is 4.99. The molecule has 0 amide bonds. The van der Waals surface area contributed by atoms with Crippen LogP contribution < -0.4 is 5.32 Å². The van der Waals surface area contributed by atoms with E-state index in [4.69, 9.17) is 5.26 Å². The molecule has 3 heteroatoms. The molecule has 1 aromatic heterocycles.